The highest BCUT2D eigenvalue weighted by atomic mass is 32.2. The van der Waals surface area contributed by atoms with Crippen LogP contribution in [-0.4, -0.2) is 23.2 Å². The lowest BCUT2D eigenvalue weighted by atomic mass is 10.2. The van der Waals surface area contributed by atoms with Gasteiger partial charge in [0, 0.05) is 12.2 Å². The molecule has 0 bridgehead atoms. The molecule has 0 saturated carbocycles. The van der Waals surface area contributed by atoms with Gasteiger partial charge in [-0.3, -0.25) is 4.79 Å². The van der Waals surface area contributed by atoms with Crippen molar-refractivity contribution in [3.63, 3.8) is 0 Å². The molecule has 1 aromatic heterocycles. The number of nitrogens with one attached hydrogen (secondary N) is 1. The molecule has 0 fully saturated rings. The lowest BCUT2D eigenvalue weighted by Crippen LogP contribution is -2.32. The second-order valence-corrected chi connectivity index (χ2v) is 4.14. The van der Waals surface area contributed by atoms with E-state index in [2.05, 4.69) is 10.3 Å². The van der Waals surface area contributed by atoms with E-state index < -0.39 is 0 Å². The van der Waals surface area contributed by atoms with Gasteiger partial charge in [0.15, 0.2) is 0 Å². The molecule has 1 amide bonds. The topological polar surface area (TPSA) is 42.0 Å². The average molecular weight is 224 g/mol. The minimum Gasteiger partial charge on any atom is -0.350 e. The number of carbonyl (C=O) groups is 1. The second kappa shape index (κ2) is 5.75. The van der Waals surface area contributed by atoms with Crippen LogP contribution in [0.2, 0.25) is 0 Å². The molecule has 1 N–H and O–H groups in total. The quantitative estimate of drug-likeness (QED) is 0.798. The first kappa shape index (κ1) is 12.0. The van der Waals surface area contributed by atoms with Crippen LogP contribution in [0.4, 0.5) is 0 Å². The molecular formula is C11H16N2OS. The van der Waals surface area contributed by atoms with Gasteiger partial charge in [-0.25, -0.2) is 4.98 Å². The molecule has 0 aliphatic rings. The Morgan fingerprint density at radius 2 is 2.40 bits per heavy atom. The number of rotatable bonds is 4. The minimum atomic E-state index is -0.0400. The molecule has 1 heterocycles. The van der Waals surface area contributed by atoms with Crippen LogP contribution in [-0.2, 0) is 0 Å². The van der Waals surface area contributed by atoms with E-state index in [4.69, 9.17) is 0 Å². The van der Waals surface area contributed by atoms with Gasteiger partial charge in [-0.05, 0) is 31.7 Å². The van der Waals surface area contributed by atoms with E-state index in [1.165, 1.54) is 11.8 Å². The molecule has 82 valence electrons. The summed E-state index contributed by atoms with van der Waals surface area (Å²) in [6.45, 7) is 4.04. The summed E-state index contributed by atoms with van der Waals surface area (Å²) < 4.78 is 0. The van der Waals surface area contributed by atoms with Gasteiger partial charge in [0.25, 0.3) is 5.91 Å². The Kier molecular flexibility index (Phi) is 4.62. The number of hydrogen-bond acceptors (Lipinski definition) is 3. The number of carbonyl (C=O) groups excluding carboxylic acids is 1. The summed E-state index contributed by atoms with van der Waals surface area (Å²) in [6, 6.07) is 3.79. The van der Waals surface area contributed by atoms with Crippen LogP contribution in [0.15, 0.2) is 23.4 Å². The van der Waals surface area contributed by atoms with Crippen molar-refractivity contribution in [1.29, 1.82) is 0 Å². The summed E-state index contributed by atoms with van der Waals surface area (Å²) in [5.74, 6) is -0.0400. The highest BCUT2D eigenvalue weighted by Gasteiger charge is 2.12. The summed E-state index contributed by atoms with van der Waals surface area (Å²) in [7, 11) is 0. The zero-order valence-corrected chi connectivity index (χ0v) is 10.1. The van der Waals surface area contributed by atoms with Crippen molar-refractivity contribution >= 4 is 17.7 Å². The van der Waals surface area contributed by atoms with Gasteiger partial charge in [0.2, 0.25) is 0 Å². The van der Waals surface area contributed by atoms with Crippen LogP contribution in [0.5, 0.6) is 0 Å². The summed E-state index contributed by atoms with van der Waals surface area (Å²) in [4.78, 5) is 16.0. The van der Waals surface area contributed by atoms with Gasteiger partial charge in [-0.15, -0.1) is 11.8 Å². The van der Waals surface area contributed by atoms with Crippen LogP contribution in [0, 0.1) is 0 Å². The Labute approximate surface area is 94.7 Å². The van der Waals surface area contributed by atoms with Gasteiger partial charge in [-0.2, -0.15) is 0 Å². The van der Waals surface area contributed by atoms with E-state index in [-0.39, 0.29) is 11.9 Å². The summed E-state index contributed by atoms with van der Waals surface area (Å²) >= 11 is 1.49. The van der Waals surface area contributed by atoms with Crippen LogP contribution in [0.25, 0.3) is 0 Å². The first-order valence-electron chi connectivity index (χ1n) is 4.99. The van der Waals surface area contributed by atoms with Crippen molar-refractivity contribution in [2.24, 2.45) is 0 Å². The smallest absolute Gasteiger partial charge is 0.254 e. The Bertz CT molecular complexity index is 341. The fourth-order valence-corrected chi connectivity index (χ4v) is 1.68. The molecule has 0 aliphatic heterocycles. The van der Waals surface area contributed by atoms with E-state index in [0.717, 1.165) is 11.4 Å². The van der Waals surface area contributed by atoms with Gasteiger partial charge in [0.05, 0.1) is 5.56 Å². The zero-order valence-electron chi connectivity index (χ0n) is 9.28. The molecule has 0 spiro atoms. The summed E-state index contributed by atoms with van der Waals surface area (Å²) in [5, 5.41) is 3.70. The number of thioether (sulfide) groups is 1. The summed E-state index contributed by atoms with van der Waals surface area (Å²) in [6.07, 6.45) is 4.55. The monoisotopic (exact) mass is 224 g/mol. The van der Waals surface area contributed by atoms with E-state index in [1.54, 1.807) is 18.3 Å². The van der Waals surface area contributed by atoms with Crippen LogP contribution in [0.1, 0.15) is 30.6 Å². The molecule has 1 atom stereocenters. The third kappa shape index (κ3) is 3.23. The average Bonchev–Trinajstić information content (AvgIpc) is 2.28. The fraction of sp³-hybridized carbons (Fsp3) is 0.455. The third-order valence-electron chi connectivity index (χ3n) is 2.20. The van der Waals surface area contributed by atoms with E-state index >= 15 is 0 Å². The molecule has 0 radical (unpaired) electrons. The third-order valence-corrected chi connectivity index (χ3v) is 2.91. The Morgan fingerprint density at radius 1 is 1.67 bits per heavy atom. The second-order valence-electron chi connectivity index (χ2n) is 3.34. The molecule has 0 aromatic carbocycles. The molecule has 0 saturated heterocycles. The van der Waals surface area contributed by atoms with Gasteiger partial charge < -0.3 is 5.32 Å². The Balaban J connectivity index is 2.81. The number of amides is 1. The first-order chi connectivity index (χ1) is 7.19. The normalized spacial score (nSPS) is 12.2. The van der Waals surface area contributed by atoms with Crippen molar-refractivity contribution < 1.29 is 4.79 Å². The van der Waals surface area contributed by atoms with E-state index in [9.17, 15) is 4.79 Å². The first-order valence-corrected chi connectivity index (χ1v) is 6.21. The maximum atomic E-state index is 11.8. The largest absolute Gasteiger partial charge is 0.350 e. The van der Waals surface area contributed by atoms with Crippen molar-refractivity contribution in [3.8, 4) is 0 Å². The van der Waals surface area contributed by atoms with Gasteiger partial charge in [-0.1, -0.05) is 6.92 Å². The molecule has 15 heavy (non-hydrogen) atoms. The fourth-order valence-electron chi connectivity index (χ4n) is 1.13. The molecular weight excluding hydrogens is 208 g/mol. The lowest BCUT2D eigenvalue weighted by Gasteiger charge is -2.12. The van der Waals surface area contributed by atoms with Gasteiger partial charge >= 0.3 is 0 Å². The van der Waals surface area contributed by atoms with Crippen molar-refractivity contribution in [2.45, 2.75) is 31.3 Å². The maximum absolute atomic E-state index is 11.8. The predicted molar refractivity (Wildman–Crippen MR) is 63.2 cm³/mol. The number of aromatic nitrogens is 1. The predicted octanol–water partition coefficient (Wildman–Crippen LogP) is 2.33. The molecule has 3 nitrogen and oxygen atoms in total. The van der Waals surface area contributed by atoms with E-state index in [0.29, 0.717) is 5.56 Å². The zero-order chi connectivity index (χ0) is 11.3. The lowest BCUT2D eigenvalue weighted by molar-refractivity contribution is 0.0935. The standard InChI is InChI=1S/C11H16N2OS/c1-4-8(2)13-10(14)9-6-5-7-12-11(9)15-3/h5-8H,4H2,1-3H3,(H,13,14)/t8-/m1/s1. The van der Waals surface area contributed by atoms with Crippen molar-refractivity contribution in [2.75, 3.05) is 6.26 Å². The van der Waals surface area contributed by atoms with Gasteiger partial charge in [0.1, 0.15) is 5.03 Å². The Morgan fingerprint density at radius 3 is 3.00 bits per heavy atom. The maximum Gasteiger partial charge on any atom is 0.254 e. The van der Waals surface area contributed by atoms with Crippen LogP contribution >= 0.6 is 11.8 Å². The highest BCUT2D eigenvalue weighted by molar-refractivity contribution is 7.98. The molecule has 0 aliphatic carbocycles. The minimum absolute atomic E-state index is 0.0400. The highest BCUT2D eigenvalue weighted by Crippen LogP contribution is 2.16. The number of hydrogen-bond donors (Lipinski definition) is 1. The van der Waals surface area contributed by atoms with Crippen LogP contribution < -0.4 is 5.32 Å². The Hall–Kier alpha value is -1.03. The summed E-state index contributed by atoms with van der Waals surface area (Å²) in [5.41, 5.74) is 0.658. The van der Waals surface area contributed by atoms with E-state index in [1.807, 2.05) is 20.1 Å². The molecule has 1 rings (SSSR count). The number of pyridine rings is 1. The SMILES string of the molecule is CC[C@@H](C)NC(=O)c1cccnc1SC. The molecule has 1 aromatic rings. The molecule has 0 unspecified atom stereocenters. The number of nitrogens with zero attached hydrogens (tertiary/aromatic N) is 1. The van der Waals surface area contributed by atoms with Crippen molar-refractivity contribution in [3.05, 3.63) is 23.9 Å². The van der Waals surface area contributed by atoms with Crippen LogP contribution in [0.3, 0.4) is 0 Å². The van der Waals surface area contributed by atoms with Crippen molar-refractivity contribution in [1.82, 2.24) is 10.3 Å². The molecule has 4 heteroatoms.